The van der Waals surface area contributed by atoms with Gasteiger partial charge in [-0.05, 0) is 37.3 Å². The molecule has 4 nitrogen and oxygen atoms in total. The van der Waals surface area contributed by atoms with Gasteiger partial charge in [-0.15, -0.1) is 0 Å². The first-order valence-corrected chi connectivity index (χ1v) is 6.42. The van der Waals surface area contributed by atoms with Crippen molar-refractivity contribution in [3.63, 3.8) is 0 Å². The number of allylic oxidation sites excluding steroid dienone is 1. The average Bonchev–Trinajstić information content (AvgIpc) is 3.13. The quantitative estimate of drug-likeness (QED) is 0.817. The first kappa shape index (κ1) is 14.6. The molecular weight excluding hydrogens is 271 g/mol. The molecule has 20 heavy (non-hydrogen) atoms. The maximum absolute atomic E-state index is 13.7. The zero-order chi connectivity index (χ0) is 14.7. The molecular formula is C13H16F3N3O. The fourth-order valence-electron chi connectivity index (χ4n) is 1.92. The van der Waals surface area contributed by atoms with Gasteiger partial charge in [0.05, 0.1) is 0 Å². The van der Waals surface area contributed by atoms with E-state index in [1.165, 1.54) is 18.5 Å². The van der Waals surface area contributed by atoms with Gasteiger partial charge in [0.1, 0.15) is 6.04 Å². The van der Waals surface area contributed by atoms with Gasteiger partial charge in [0.25, 0.3) is 12.3 Å². The van der Waals surface area contributed by atoms with Crippen LogP contribution >= 0.6 is 0 Å². The van der Waals surface area contributed by atoms with Gasteiger partial charge >= 0.3 is 0 Å². The summed E-state index contributed by atoms with van der Waals surface area (Å²) >= 11 is 0. The van der Waals surface area contributed by atoms with Crippen LogP contribution in [0.3, 0.4) is 0 Å². The van der Waals surface area contributed by atoms with Gasteiger partial charge < -0.3 is 5.32 Å². The van der Waals surface area contributed by atoms with E-state index >= 15 is 0 Å². The third-order valence-corrected chi connectivity index (χ3v) is 3.36. The highest BCUT2D eigenvalue weighted by Gasteiger charge is 2.29. The lowest BCUT2D eigenvalue weighted by Gasteiger charge is -2.17. The second kappa shape index (κ2) is 6.11. The highest BCUT2D eigenvalue weighted by atomic mass is 19.3. The van der Waals surface area contributed by atoms with E-state index in [1.807, 2.05) is 0 Å². The van der Waals surface area contributed by atoms with Crippen LogP contribution in [0.5, 0.6) is 0 Å². The molecule has 1 aliphatic rings. The summed E-state index contributed by atoms with van der Waals surface area (Å²) in [6, 6.07) is 0.206. The lowest BCUT2D eigenvalue weighted by Crippen LogP contribution is -2.34. The lowest BCUT2D eigenvalue weighted by molar-refractivity contribution is -0.119. The summed E-state index contributed by atoms with van der Waals surface area (Å²) in [5, 5.41) is 5.92. The lowest BCUT2D eigenvalue weighted by atomic mass is 10.1. The highest BCUT2D eigenvalue weighted by molar-refractivity contribution is 5.92. The van der Waals surface area contributed by atoms with E-state index in [-0.39, 0.29) is 12.5 Å². The van der Waals surface area contributed by atoms with Crippen LogP contribution in [0.15, 0.2) is 29.9 Å². The minimum absolute atomic E-state index is 0.123. The van der Waals surface area contributed by atoms with Gasteiger partial charge in [-0.3, -0.25) is 9.48 Å². The predicted molar refractivity (Wildman–Crippen MR) is 66.8 cm³/mol. The van der Waals surface area contributed by atoms with Crippen molar-refractivity contribution in [2.24, 2.45) is 5.92 Å². The Bertz CT molecular complexity index is 495. The molecule has 1 aromatic rings. The number of carbonyl (C=O) groups excluding carboxylic acids is 1. The zero-order valence-corrected chi connectivity index (χ0v) is 11.0. The topological polar surface area (TPSA) is 46.9 Å². The molecule has 1 aromatic heterocycles. The molecule has 1 N–H and O–H groups in total. The van der Waals surface area contributed by atoms with Crippen molar-refractivity contribution in [2.75, 3.05) is 6.54 Å². The number of aromatic nitrogens is 2. The van der Waals surface area contributed by atoms with Gasteiger partial charge in [-0.1, -0.05) is 0 Å². The Kier molecular flexibility index (Phi) is 4.46. The molecule has 1 aliphatic carbocycles. The second-order valence-corrected chi connectivity index (χ2v) is 4.87. The van der Waals surface area contributed by atoms with Crippen LogP contribution in [0, 0.1) is 5.92 Å². The molecule has 2 rings (SSSR count). The van der Waals surface area contributed by atoms with Gasteiger partial charge in [0, 0.05) is 18.9 Å². The molecule has 0 aromatic carbocycles. The molecule has 7 heteroatoms. The molecule has 1 unspecified atom stereocenters. The molecule has 1 saturated carbocycles. The molecule has 1 amide bonds. The van der Waals surface area contributed by atoms with Crippen LogP contribution in [0.2, 0.25) is 0 Å². The number of halogens is 3. The van der Waals surface area contributed by atoms with Crippen LogP contribution in [-0.2, 0) is 4.79 Å². The number of nitrogens with one attached hydrogen (secondary N) is 1. The fraction of sp³-hybridized carbons (Fsp3) is 0.538. The van der Waals surface area contributed by atoms with E-state index in [0.29, 0.717) is 5.57 Å². The van der Waals surface area contributed by atoms with Gasteiger partial charge in [-0.2, -0.15) is 5.10 Å². The van der Waals surface area contributed by atoms with Crippen LogP contribution in [0.25, 0.3) is 0 Å². The number of carbonyl (C=O) groups is 1. The summed E-state index contributed by atoms with van der Waals surface area (Å²) in [6.45, 7) is 1.19. The third-order valence-electron chi connectivity index (χ3n) is 3.36. The standard InChI is InChI=1S/C13H16F3N3O/c1-8(9-3-4-9)11(14)13(20)17-7-10(12(15)16)19-6-2-5-18-19/h2,5-6,9-10,12H,3-4,7H2,1H3,(H,17,20)/b11-8-. The number of rotatable bonds is 6. The molecule has 1 heterocycles. The van der Waals surface area contributed by atoms with Crippen LogP contribution < -0.4 is 5.32 Å². The largest absolute Gasteiger partial charge is 0.348 e. The van der Waals surface area contributed by atoms with Crippen molar-refractivity contribution in [1.29, 1.82) is 0 Å². The highest BCUT2D eigenvalue weighted by Crippen LogP contribution is 2.37. The Balaban J connectivity index is 1.96. The first-order valence-electron chi connectivity index (χ1n) is 6.42. The smallest absolute Gasteiger partial charge is 0.280 e. The minimum Gasteiger partial charge on any atom is -0.348 e. The molecule has 0 saturated heterocycles. The Morgan fingerprint density at radius 1 is 1.50 bits per heavy atom. The molecule has 0 aliphatic heterocycles. The maximum Gasteiger partial charge on any atom is 0.280 e. The van der Waals surface area contributed by atoms with Crippen LogP contribution in [-0.4, -0.2) is 28.7 Å². The van der Waals surface area contributed by atoms with E-state index in [1.54, 1.807) is 6.92 Å². The van der Waals surface area contributed by atoms with E-state index in [2.05, 4.69) is 10.4 Å². The van der Waals surface area contributed by atoms with Crippen LogP contribution in [0.4, 0.5) is 13.2 Å². The number of hydrogen-bond acceptors (Lipinski definition) is 2. The van der Waals surface area contributed by atoms with Crippen molar-refractivity contribution >= 4 is 5.91 Å². The van der Waals surface area contributed by atoms with Crippen molar-refractivity contribution in [2.45, 2.75) is 32.2 Å². The Morgan fingerprint density at radius 3 is 2.70 bits per heavy atom. The summed E-state index contributed by atoms with van der Waals surface area (Å²) in [5.41, 5.74) is 0.398. The average molecular weight is 287 g/mol. The van der Waals surface area contributed by atoms with Crippen molar-refractivity contribution in [3.05, 3.63) is 29.9 Å². The second-order valence-electron chi connectivity index (χ2n) is 4.87. The molecule has 110 valence electrons. The monoisotopic (exact) mass is 287 g/mol. The van der Waals surface area contributed by atoms with Crippen LogP contribution in [0.1, 0.15) is 25.8 Å². The maximum atomic E-state index is 13.7. The Labute approximate surface area is 114 Å². The summed E-state index contributed by atoms with van der Waals surface area (Å²) in [5.74, 6) is -1.68. The van der Waals surface area contributed by atoms with Gasteiger partial charge in [-0.25, -0.2) is 13.2 Å². The van der Waals surface area contributed by atoms with E-state index in [9.17, 15) is 18.0 Å². The molecule has 0 bridgehead atoms. The number of amides is 1. The Morgan fingerprint density at radius 2 is 2.20 bits per heavy atom. The van der Waals surface area contributed by atoms with Crippen molar-refractivity contribution in [1.82, 2.24) is 15.1 Å². The fourth-order valence-corrected chi connectivity index (χ4v) is 1.92. The normalized spacial score (nSPS) is 17.9. The molecule has 1 atom stereocenters. The molecule has 0 spiro atoms. The van der Waals surface area contributed by atoms with E-state index in [0.717, 1.165) is 17.5 Å². The van der Waals surface area contributed by atoms with Gasteiger partial charge in [0.15, 0.2) is 5.83 Å². The first-order chi connectivity index (χ1) is 9.50. The summed E-state index contributed by atoms with van der Waals surface area (Å²) < 4.78 is 40.6. The molecule has 0 radical (unpaired) electrons. The molecule has 1 fully saturated rings. The number of nitrogens with zero attached hydrogens (tertiary/aromatic N) is 2. The summed E-state index contributed by atoms with van der Waals surface area (Å²) in [7, 11) is 0. The van der Waals surface area contributed by atoms with Crippen molar-refractivity contribution in [3.8, 4) is 0 Å². The third kappa shape index (κ3) is 3.40. The van der Waals surface area contributed by atoms with Gasteiger partial charge in [0.2, 0.25) is 0 Å². The predicted octanol–water partition coefficient (Wildman–Crippen LogP) is 2.46. The Hall–Kier alpha value is -1.79. The zero-order valence-electron chi connectivity index (χ0n) is 11.0. The van der Waals surface area contributed by atoms with E-state index < -0.39 is 24.2 Å². The summed E-state index contributed by atoms with van der Waals surface area (Å²) in [6.07, 6.45) is 1.80. The summed E-state index contributed by atoms with van der Waals surface area (Å²) in [4.78, 5) is 11.6. The number of alkyl halides is 2. The van der Waals surface area contributed by atoms with Crippen molar-refractivity contribution < 1.29 is 18.0 Å². The SMILES string of the molecule is C/C(=C(/F)C(=O)NCC(C(F)F)n1cccn1)C1CC1. The minimum atomic E-state index is -2.70. The number of hydrogen-bond donors (Lipinski definition) is 1. The van der Waals surface area contributed by atoms with E-state index in [4.69, 9.17) is 0 Å².